The van der Waals surface area contributed by atoms with Crippen molar-refractivity contribution >= 4 is 61.7 Å². The van der Waals surface area contributed by atoms with Crippen molar-refractivity contribution in [3.63, 3.8) is 0 Å². The maximum atomic E-state index is 4.01. The summed E-state index contributed by atoms with van der Waals surface area (Å²) in [6.45, 7) is 6.46. The van der Waals surface area contributed by atoms with Crippen LogP contribution in [0.1, 0.15) is 29.2 Å². The predicted molar refractivity (Wildman–Crippen MR) is 243 cm³/mol. The van der Waals surface area contributed by atoms with Gasteiger partial charge in [0.2, 0.25) is 0 Å². The van der Waals surface area contributed by atoms with E-state index in [1.807, 2.05) is 6.08 Å². The molecule has 0 bridgehead atoms. The van der Waals surface area contributed by atoms with Crippen molar-refractivity contribution < 1.29 is 0 Å². The summed E-state index contributed by atoms with van der Waals surface area (Å²) in [6.07, 6.45) is 2.76. The van der Waals surface area contributed by atoms with Crippen molar-refractivity contribution in [2.24, 2.45) is 0 Å². The Bertz CT molecular complexity index is 2740. The van der Waals surface area contributed by atoms with Crippen molar-refractivity contribution in [3.8, 4) is 11.1 Å². The molecule has 0 saturated carbocycles. The van der Waals surface area contributed by atoms with Crippen molar-refractivity contribution in [2.75, 3.05) is 9.80 Å². The van der Waals surface area contributed by atoms with Gasteiger partial charge in [-0.3, -0.25) is 0 Å². The van der Waals surface area contributed by atoms with Crippen LogP contribution >= 0.6 is 0 Å². The number of hydrogen-bond acceptors (Lipinski definition) is 2. The molecule has 9 aromatic carbocycles. The monoisotopic (exact) mass is 730 g/mol. The number of nitrogens with zero attached hydrogens (tertiary/aromatic N) is 2. The van der Waals surface area contributed by atoms with E-state index in [4.69, 9.17) is 0 Å². The Morgan fingerprint density at radius 3 is 1.26 bits per heavy atom. The summed E-state index contributed by atoms with van der Waals surface area (Å²) in [6, 6.07) is 75.4. The van der Waals surface area contributed by atoms with Gasteiger partial charge in [-0.1, -0.05) is 153 Å². The Labute approximate surface area is 335 Å². The van der Waals surface area contributed by atoms with E-state index in [0.29, 0.717) is 0 Å². The first kappa shape index (κ1) is 34.3. The third kappa shape index (κ3) is 6.16. The quantitative estimate of drug-likeness (QED) is 0.146. The maximum absolute atomic E-state index is 4.01. The zero-order valence-electron chi connectivity index (χ0n) is 32.0. The van der Waals surface area contributed by atoms with Crippen LogP contribution in [0.3, 0.4) is 0 Å². The Morgan fingerprint density at radius 2 is 0.807 bits per heavy atom. The van der Waals surface area contributed by atoms with Crippen molar-refractivity contribution in [1.29, 1.82) is 0 Å². The highest BCUT2D eigenvalue weighted by atomic mass is 15.1. The minimum absolute atomic E-state index is 0.329. The van der Waals surface area contributed by atoms with Gasteiger partial charge in [-0.25, -0.2) is 0 Å². The van der Waals surface area contributed by atoms with Crippen LogP contribution in [0, 0.1) is 0 Å². The lowest BCUT2D eigenvalue weighted by atomic mass is 9.75. The second-order valence-corrected chi connectivity index (χ2v) is 15.3. The average Bonchev–Trinajstić information content (AvgIpc) is 3.51. The van der Waals surface area contributed by atoms with Gasteiger partial charge in [0.25, 0.3) is 0 Å². The molecule has 1 aliphatic rings. The maximum Gasteiger partial charge on any atom is 0.0468 e. The molecule has 2 nitrogen and oxygen atoms in total. The SMILES string of the molecule is C=Cc1ccc(CC2(C)c3cc(N(c4ccccc4)c4ccc5ccccc5c4)ccc3-c3ccc(N(c4ccccc4)c4ccc5ccccc5c4)cc32)cc1. The minimum atomic E-state index is -0.329. The first-order valence-corrected chi connectivity index (χ1v) is 19.7. The average molecular weight is 731 g/mol. The highest BCUT2D eigenvalue weighted by Gasteiger charge is 2.40. The molecule has 272 valence electrons. The Balaban J connectivity index is 1.15. The van der Waals surface area contributed by atoms with E-state index in [0.717, 1.165) is 46.1 Å². The molecule has 9 aromatic rings. The zero-order valence-corrected chi connectivity index (χ0v) is 32.0. The molecule has 0 atom stereocenters. The number of para-hydroxylation sites is 2. The zero-order chi connectivity index (χ0) is 38.3. The molecule has 0 fully saturated rings. The number of fused-ring (bicyclic) bond motifs is 5. The lowest BCUT2D eigenvalue weighted by Crippen LogP contribution is -2.25. The van der Waals surface area contributed by atoms with E-state index in [1.54, 1.807) is 0 Å². The summed E-state index contributed by atoms with van der Waals surface area (Å²) in [5, 5.41) is 4.91. The van der Waals surface area contributed by atoms with Crippen LogP contribution < -0.4 is 9.80 Å². The van der Waals surface area contributed by atoms with E-state index in [1.165, 1.54) is 49.4 Å². The van der Waals surface area contributed by atoms with E-state index in [-0.39, 0.29) is 5.41 Å². The molecule has 0 saturated heterocycles. The first-order valence-electron chi connectivity index (χ1n) is 19.7. The van der Waals surface area contributed by atoms with Crippen LogP contribution in [0.5, 0.6) is 0 Å². The van der Waals surface area contributed by atoms with Gasteiger partial charge >= 0.3 is 0 Å². The fraction of sp³-hybridized carbons (Fsp3) is 0.0545. The van der Waals surface area contributed by atoms with Gasteiger partial charge in [-0.15, -0.1) is 0 Å². The second-order valence-electron chi connectivity index (χ2n) is 15.3. The molecular formula is C55H42N2. The van der Waals surface area contributed by atoms with Crippen LogP contribution in [0.2, 0.25) is 0 Å². The Kier molecular flexibility index (Phi) is 8.53. The van der Waals surface area contributed by atoms with E-state index >= 15 is 0 Å². The number of benzene rings is 9. The van der Waals surface area contributed by atoms with Crippen LogP contribution in [0.4, 0.5) is 34.1 Å². The fourth-order valence-electron chi connectivity index (χ4n) is 8.92. The van der Waals surface area contributed by atoms with Gasteiger partial charge in [0.05, 0.1) is 0 Å². The van der Waals surface area contributed by atoms with Crippen LogP contribution in [0.25, 0.3) is 38.7 Å². The number of anilines is 6. The highest BCUT2D eigenvalue weighted by molar-refractivity contribution is 5.93. The van der Waals surface area contributed by atoms with Crippen LogP contribution in [0.15, 0.2) is 213 Å². The molecule has 57 heavy (non-hydrogen) atoms. The molecule has 0 aromatic heterocycles. The van der Waals surface area contributed by atoms with Gasteiger partial charge in [-0.05, 0) is 134 Å². The molecule has 0 unspecified atom stereocenters. The molecule has 0 aliphatic heterocycles. The van der Waals surface area contributed by atoms with Gasteiger partial charge in [0.15, 0.2) is 0 Å². The normalized spacial score (nSPS) is 12.6. The fourth-order valence-corrected chi connectivity index (χ4v) is 8.92. The molecule has 0 radical (unpaired) electrons. The van der Waals surface area contributed by atoms with Crippen molar-refractivity contribution in [1.82, 2.24) is 0 Å². The molecule has 0 heterocycles. The molecule has 2 heteroatoms. The Hall–Kier alpha value is -7.16. The summed E-state index contributed by atoms with van der Waals surface area (Å²) in [7, 11) is 0. The molecule has 0 spiro atoms. The number of hydrogen-bond donors (Lipinski definition) is 0. The smallest absolute Gasteiger partial charge is 0.0468 e. The van der Waals surface area contributed by atoms with Crippen LogP contribution in [-0.4, -0.2) is 0 Å². The molecule has 0 amide bonds. The van der Waals surface area contributed by atoms with Crippen LogP contribution in [-0.2, 0) is 11.8 Å². The molecule has 10 rings (SSSR count). The lowest BCUT2D eigenvalue weighted by molar-refractivity contribution is 0.583. The summed E-state index contributed by atoms with van der Waals surface area (Å²) in [4.78, 5) is 4.80. The molecule has 1 aliphatic carbocycles. The number of rotatable bonds is 9. The topological polar surface area (TPSA) is 6.48 Å². The van der Waals surface area contributed by atoms with Gasteiger partial charge in [-0.2, -0.15) is 0 Å². The van der Waals surface area contributed by atoms with Crippen molar-refractivity contribution in [2.45, 2.75) is 18.8 Å². The second kappa shape index (κ2) is 14.2. The van der Waals surface area contributed by atoms with Gasteiger partial charge in [0.1, 0.15) is 0 Å². The standard InChI is InChI=1S/C55H42N2/c1-3-39-22-24-40(25-23-39)38-55(2)53-36-49(56(45-18-6-4-7-19-45)47-28-26-41-14-10-12-16-43(41)34-47)30-32-51(53)52-33-31-50(37-54(52)55)57(46-20-8-5-9-21-46)48-29-27-42-15-11-13-17-44(42)35-48/h3-37H,1,38H2,2H3. The van der Waals surface area contributed by atoms with E-state index in [9.17, 15) is 0 Å². The van der Waals surface area contributed by atoms with E-state index in [2.05, 4.69) is 230 Å². The molecule has 0 N–H and O–H groups in total. The van der Waals surface area contributed by atoms with Crippen molar-refractivity contribution in [3.05, 3.63) is 235 Å². The molecular weight excluding hydrogens is 689 g/mol. The Morgan fingerprint density at radius 1 is 0.404 bits per heavy atom. The summed E-state index contributed by atoms with van der Waals surface area (Å²) in [5.74, 6) is 0. The van der Waals surface area contributed by atoms with E-state index < -0.39 is 0 Å². The first-order chi connectivity index (χ1) is 28.1. The third-order valence-corrected chi connectivity index (χ3v) is 11.8. The summed E-state index contributed by atoms with van der Waals surface area (Å²) < 4.78 is 0. The summed E-state index contributed by atoms with van der Waals surface area (Å²) in [5.41, 5.74) is 14.1. The predicted octanol–water partition coefficient (Wildman–Crippen LogP) is 15.1. The highest BCUT2D eigenvalue weighted by Crippen LogP contribution is 2.54. The third-order valence-electron chi connectivity index (χ3n) is 11.8. The summed E-state index contributed by atoms with van der Waals surface area (Å²) >= 11 is 0. The van der Waals surface area contributed by atoms with Gasteiger partial charge < -0.3 is 9.80 Å². The lowest BCUT2D eigenvalue weighted by Gasteiger charge is -2.32. The minimum Gasteiger partial charge on any atom is -0.310 e. The largest absolute Gasteiger partial charge is 0.310 e. The van der Waals surface area contributed by atoms with Gasteiger partial charge in [0, 0.05) is 39.5 Å².